The predicted molar refractivity (Wildman–Crippen MR) is 67.5 cm³/mol. The van der Waals surface area contributed by atoms with Gasteiger partial charge < -0.3 is 14.6 Å². The molecule has 0 saturated carbocycles. The van der Waals surface area contributed by atoms with E-state index >= 15 is 0 Å². The molecule has 0 atom stereocenters. The predicted octanol–water partition coefficient (Wildman–Crippen LogP) is 1.50. The molecular formula is C12H8N4O4. The van der Waals surface area contributed by atoms with E-state index in [0.717, 1.165) is 11.6 Å². The third-order valence-corrected chi connectivity index (χ3v) is 2.57. The Labute approximate surface area is 111 Å². The third kappa shape index (κ3) is 2.09. The van der Waals surface area contributed by atoms with Crippen molar-refractivity contribution in [2.24, 2.45) is 0 Å². The number of H-pyrrole nitrogens is 1. The zero-order valence-corrected chi connectivity index (χ0v) is 9.95. The van der Waals surface area contributed by atoms with Crippen molar-refractivity contribution in [1.29, 1.82) is 0 Å². The molecule has 3 rings (SSSR count). The largest absolute Gasteiger partial charge is 0.475 e. The molecule has 0 saturated heterocycles. The van der Waals surface area contributed by atoms with Gasteiger partial charge in [-0.1, -0.05) is 17.3 Å². The van der Waals surface area contributed by atoms with Crippen molar-refractivity contribution in [1.82, 2.24) is 15.1 Å². The molecule has 0 radical (unpaired) electrons. The van der Waals surface area contributed by atoms with Crippen molar-refractivity contribution < 1.29 is 19.2 Å². The van der Waals surface area contributed by atoms with Crippen molar-refractivity contribution in [2.45, 2.75) is 0 Å². The zero-order chi connectivity index (χ0) is 14.1. The second-order valence-corrected chi connectivity index (χ2v) is 3.94. The summed E-state index contributed by atoms with van der Waals surface area (Å²) in [5.74, 6) is -2.06. The molecule has 2 heterocycles. The number of rotatable bonds is 3. The Hall–Kier alpha value is -3.16. The number of aromatic amines is 1. The number of aromatic carboxylic acids is 1. The third-order valence-electron chi connectivity index (χ3n) is 2.57. The molecule has 0 aliphatic rings. The number of carboxylic acids is 1. The normalized spacial score (nSPS) is 10.6. The Balaban J connectivity index is 1.82. The first kappa shape index (κ1) is 11.9. The highest BCUT2D eigenvalue weighted by atomic mass is 16.5. The Morgan fingerprint density at radius 1 is 1.30 bits per heavy atom. The monoisotopic (exact) mass is 272 g/mol. The first-order valence-corrected chi connectivity index (χ1v) is 5.59. The van der Waals surface area contributed by atoms with E-state index in [-0.39, 0.29) is 11.6 Å². The van der Waals surface area contributed by atoms with Gasteiger partial charge in [0.05, 0.1) is 11.0 Å². The molecular weight excluding hydrogens is 264 g/mol. The fraction of sp³-hybridized carbons (Fsp3) is 0. The summed E-state index contributed by atoms with van der Waals surface area (Å²) >= 11 is 0. The fourth-order valence-corrected chi connectivity index (χ4v) is 1.67. The van der Waals surface area contributed by atoms with Gasteiger partial charge in [0.15, 0.2) is 5.69 Å². The van der Waals surface area contributed by atoms with E-state index in [9.17, 15) is 9.59 Å². The van der Waals surface area contributed by atoms with Crippen molar-refractivity contribution in [2.75, 3.05) is 5.32 Å². The maximum Gasteiger partial charge on any atom is 0.374 e. The van der Waals surface area contributed by atoms with Crippen LogP contribution in [0.3, 0.4) is 0 Å². The van der Waals surface area contributed by atoms with Gasteiger partial charge in [0.1, 0.15) is 0 Å². The van der Waals surface area contributed by atoms with Gasteiger partial charge in [-0.2, -0.15) is 0 Å². The Morgan fingerprint density at radius 2 is 2.10 bits per heavy atom. The van der Waals surface area contributed by atoms with E-state index in [2.05, 4.69) is 25.0 Å². The van der Waals surface area contributed by atoms with Crippen molar-refractivity contribution in [3.8, 4) is 0 Å². The van der Waals surface area contributed by atoms with Crippen LogP contribution in [0.2, 0.25) is 0 Å². The van der Waals surface area contributed by atoms with Gasteiger partial charge in [-0.15, -0.1) is 0 Å². The second-order valence-electron chi connectivity index (χ2n) is 3.94. The minimum Gasteiger partial charge on any atom is -0.475 e. The number of hydrogen-bond acceptors (Lipinski definition) is 5. The summed E-state index contributed by atoms with van der Waals surface area (Å²) in [6, 6.07) is 8.31. The molecule has 1 aromatic carbocycles. The maximum atomic E-state index is 11.8. The van der Waals surface area contributed by atoms with Crippen molar-refractivity contribution >= 4 is 28.9 Å². The number of imidazole rings is 1. The van der Waals surface area contributed by atoms with Crippen LogP contribution in [0, 0.1) is 0 Å². The molecule has 0 unspecified atom stereocenters. The maximum absolute atomic E-state index is 11.8. The van der Waals surface area contributed by atoms with E-state index < -0.39 is 17.6 Å². The summed E-state index contributed by atoms with van der Waals surface area (Å²) < 4.78 is 4.50. The van der Waals surface area contributed by atoms with Crippen molar-refractivity contribution in [3.63, 3.8) is 0 Å². The molecule has 0 spiro atoms. The van der Waals surface area contributed by atoms with E-state index in [1.165, 1.54) is 0 Å². The zero-order valence-electron chi connectivity index (χ0n) is 9.95. The molecule has 100 valence electrons. The number of carbonyl (C=O) groups excluding carboxylic acids is 1. The number of carboxylic acid groups (broad SMARTS) is 1. The van der Waals surface area contributed by atoms with Crippen LogP contribution in [-0.4, -0.2) is 32.1 Å². The van der Waals surface area contributed by atoms with Crippen LogP contribution in [0.15, 0.2) is 34.9 Å². The molecule has 8 heteroatoms. The number of hydrogen-bond donors (Lipinski definition) is 3. The molecule has 8 nitrogen and oxygen atoms in total. The number of benzene rings is 1. The quantitative estimate of drug-likeness (QED) is 0.664. The van der Waals surface area contributed by atoms with E-state index in [4.69, 9.17) is 5.11 Å². The lowest BCUT2D eigenvalue weighted by molar-refractivity contribution is 0.0651. The van der Waals surface area contributed by atoms with E-state index in [1.807, 2.05) is 18.2 Å². The summed E-state index contributed by atoms with van der Waals surface area (Å²) in [6.45, 7) is 0. The first-order chi connectivity index (χ1) is 9.63. The minimum absolute atomic E-state index is 0.136. The number of para-hydroxylation sites is 2. The van der Waals surface area contributed by atoms with Crippen LogP contribution in [0.4, 0.5) is 5.95 Å². The summed E-state index contributed by atoms with van der Waals surface area (Å²) in [5.41, 5.74) is 1.34. The fourth-order valence-electron chi connectivity index (χ4n) is 1.67. The summed E-state index contributed by atoms with van der Waals surface area (Å²) in [7, 11) is 0. The number of aromatic nitrogens is 3. The molecule has 1 amide bonds. The lowest BCUT2D eigenvalue weighted by atomic mass is 10.3. The lowest BCUT2D eigenvalue weighted by Crippen LogP contribution is -2.13. The number of amides is 1. The number of nitrogens with zero attached hydrogens (tertiary/aromatic N) is 2. The first-order valence-electron chi connectivity index (χ1n) is 5.59. The Bertz CT molecular complexity index is 772. The Kier molecular flexibility index (Phi) is 2.68. The SMILES string of the molecule is O=C(Nc1nc2ccccc2[nH]1)c1cc(C(=O)O)on1. The highest BCUT2D eigenvalue weighted by molar-refractivity contribution is 6.03. The number of fused-ring (bicyclic) bond motifs is 1. The minimum atomic E-state index is -1.29. The topological polar surface area (TPSA) is 121 Å². The summed E-state index contributed by atoms with van der Waals surface area (Å²) in [5, 5.41) is 14.5. The van der Waals surface area contributed by atoms with E-state index in [0.29, 0.717) is 5.52 Å². The van der Waals surface area contributed by atoms with Gasteiger partial charge >= 0.3 is 5.97 Å². The number of nitrogens with one attached hydrogen (secondary N) is 2. The average Bonchev–Trinajstić information content (AvgIpc) is 3.04. The highest BCUT2D eigenvalue weighted by Gasteiger charge is 2.17. The van der Waals surface area contributed by atoms with Gasteiger partial charge in [0.2, 0.25) is 11.7 Å². The van der Waals surface area contributed by atoms with Gasteiger partial charge in [0.25, 0.3) is 5.91 Å². The Morgan fingerprint density at radius 3 is 2.80 bits per heavy atom. The molecule has 0 fully saturated rings. The molecule has 2 aromatic heterocycles. The second kappa shape index (κ2) is 4.50. The van der Waals surface area contributed by atoms with Crippen LogP contribution < -0.4 is 5.32 Å². The molecule has 3 aromatic rings. The van der Waals surface area contributed by atoms with Crippen LogP contribution in [0.25, 0.3) is 11.0 Å². The molecule has 0 aliphatic carbocycles. The molecule has 0 bridgehead atoms. The van der Waals surface area contributed by atoms with Crippen LogP contribution in [-0.2, 0) is 0 Å². The average molecular weight is 272 g/mol. The van der Waals surface area contributed by atoms with Crippen LogP contribution >= 0.6 is 0 Å². The highest BCUT2D eigenvalue weighted by Crippen LogP contribution is 2.14. The molecule has 0 aliphatic heterocycles. The van der Waals surface area contributed by atoms with E-state index in [1.54, 1.807) is 6.07 Å². The molecule has 3 N–H and O–H groups in total. The smallest absolute Gasteiger partial charge is 0.374 e. The van der Waals surface area contributed by atoms with Gasteiger partial charge in [0, 0.05) is 6.07 Å². The number of carbonyl (C=O) groups is 2. The van der Waals surface area contributed by atoms with Crippen LogP contribution in [0.1, 0.15) is 21.0 Å². The van der Waals surface area contributed by atoms with Gasteiger partial charge in [-0.05, 0) is 12.1 Å². The summed E-state index contributed by atoms with van der Waals surface area (Å²) in [6.07, 6.45) is 0. The van der Waals surface area contributed by atoms with Gasteiger partial charge in [-0.3, -0.25) is 10.1 Å². The number of anilines is 1. The standard InChI is InChI=1S/C12H8N4O4/c17-10(8-5-9(11(18)19)20-16-8)15-12-13-6-3-1-2-4-7(6)14-12/h1-5H,(H,18,19)(H2,13,14,15,17). The van der Waals surface area contributed by atoms with Gasteiger partial charge in [-0.25, -0.2) is 9.78 Å². The summed E-state index contributed by atoms with van der Waals surface area (Å²) in [4.78, 5) is 29.5. The van der Waals surface area contributed by atoms with Crippen molar-refractivity contribution in [3.05, 3.63) is 41.8 Å². The lowest BCUT2D eigenvalue weighted by Gasteiger charge is -1.96. The van der Waals surface area contributed by atoms with Crippen LogP contribution in [0.5, 0.6) is 0 Å². The molecule has 20 heavy (non-hydrogen) atoms.